The molecule has 0 aromatic carbocycles. The van der Waals surface area contributed by atoms with E-state index >= 15 is 0 Å². The van der Waals surface area contributed by atoms with E-state index in [1.54, 1.807) is 0 Å². The average molecular weight is 236 g/mol. The lowest BCUT2D eigenvalue weighted by Gasteiger charge is -2.35. The number of hydrogen-bond acceptors (Lipinski definition) is 3. The van der Waals surface area contributed by atoms with Crippen molar-refractivity contribution in [2.75, 3.05) is 0 Å². The maximum absolute atomic E-state index is 5.19. The van der Waals surface area contributed by atoms with Crippen LogP contribution in [0.5, 0.6) is 0 Å². The Morgan fingerprint density at radius 3 is 2.76 bits per heavy atom. The first-order chi connectivity index (χ1) is 7.98. The van der Waals surface area contributed by atoms with Gasteiger partial charge in [0.15, 0.2) is 0 Å². The fourth-order valence-electron chi connectivity index (χ4n) is 2.87. The molecule has 3 nitrogen and oxygen atoms in total. The second-order valence-corrected chi connectivity index (χ2v) is 6.14. The molecule has 0 amide bonds. The third kappa shape index (κ3) is 3.09. The van der Waals surface area contributed by atoms with Gasteiger partial charge in [0.25, 0.3) is 0 Å². The molecule has 0 bridgehead atoms. The molecule has 1 fully saturated rings. The number of aryl methyl sites for hydroxylation is 2. The molecular weight excluding hydrogens is 212 g/mol. The van der Waals surface area contributed by atoms with Crippen LogP contribution in [0.3, 0.4) is 0 Å². The van der Waals surface area contributed by atoms with Crippen molar-refractivity contribution in [1.82, 2.24) is 10.5 Å². The van der Waals surface area contributed by atoms with Crippen LogP contribution in [-0.2, 0) is 6.54 Å². The van der Waals surface area contributed by atoms with Crippen LogP contribution in [-0.4, -0.2) is 11.2 Å². The fourth-order valence-corrected chi connectivity index (χ4v) is 2.87. The van der Waals surface area contributed by atoms with Crippen molar-refractivity contribution in [2.45, 2.75) is 66.0 Å². The molecule has 2 rings (SSSR count). The molecule has 0 aliphatic heterocycles. The van der Waals surface area contributed by atoms with Gasteiger partial charge in [-0.1, -0.05) is 25.4 Å². The van der Waals surface area contributed by atoms with Gasteiger partial charge in [-0.25, -0.2) is 0 Å². The minimum atomic E-state index is 0.495. The molecule has 1 aromatic rings. The minimum Gasteiger partial charge on any atom is -0.361 e. The van der Waals surface area contributed by atoms with Gasteiger partial charge in [-0.05, 0) is 38.5 Å². The smallest absolute Gasteiger partial charge is 0.138 e. The molecule has 0 spiro atoms. The predicted molar refractivity (Wildman–Crippen MR) is 68.9 cm³/mol. The largest absolute Gasteiger partial charge is 0.361 e. The van der Waals surface area contributed by atoms with E-state index in [2.05, 4.69) is 24.3 Å². The van der Waals surface area contributed by atoms with Crippen LogP contribution in [0.4, 0.5) is 0 Å². The van der Waals surface area contributed by atoms with E-state index in [9.17, 15) is 0 Å². The number of nitrogens with one attached hydrogen (secondary N) is 1. The molecule has 1 atom stereocenters. The number of nitrogens with zero attached hydrogens (tertiary/aromatic N) is 1. The highest BCUT2D eigenvalue weighted by atomic mass is 16.5. The van der Waals surface area contributed by atoms with Crippen LogP contribution < -0.4 is 5.32 Å². The maximum atomic E-state index is 5.19. The molecule has 3 heteroatoms. The number of hydrogen-bond donors (Lipinski definition) is 1. The van der Waals surface area contributed by atoms with Gasteiger partial charge >= 0.3 is 0 Å². The highest BCUT2D eigenvalue weighted by Crippen LogP contribution is 2.35. The molecular formula is C14H24N2O. The van der Waals surface area contributed by atoms with E-state index in [1.165, 1.54) is 31.2 Å². The van der Waals surface area contributed by atoms with Crippen LogP contribution in [0, 0.1) is 19.3 Å². The van der Waals surface area contributed by atoms with Gasteiger partial charge in [0.05, 0.1) is 5.69 Å². The zero-order chi connectivity index (χ0) is 12.5. The second-order valence-electron chi connectivity index (χ2n) is 6.14. The Morgan fingerprint density at radius 2 is 2.18 bits per heavy atom. The van der Waals surface area contributed by atoms with E-state index in [0.29, 0.717) is 11.5 Å². The Hall–Kier alpha value is -0.830. The van der Waals surface area contributed by atoms with E-state index < -0.39 is 0 Å². The van der Waals surface area contributed by atoms with E-state index in [-0.39, 0.29) is 0 Å². The summed E-state index contributed by atoms with van der Waals surface area (Å²) in [5, 5.41) is 7.65. The SMILES string of the molecule is Cc1noc(C)c1CNC1CCCC(C)(C)C1. The third-order valence-corrected chi connectivity index (χ3v) is 3.95. The molecule has 1 N–H and O–H groups in total. The third-order valence-electron chi connectivity index (χ3n) is 3.95. The van der Waals surface area contributed by atoms with Gasteiger partial charge in [0, 0.05) is 18.2 Å². The van der Waals surface area contributed by atoms with E-state index in [1.807, 2.05) is 13.8 Å². The Morgan fingerprint density at radius 1 is 1.41 bits per heavy atom. The summed E-state index contributed by atoms with van der Waals surface area (Å²) < 4.78 is 5.19. The minimum absolute atomic E-state index is 0.495. The number of aromatic nitrogens is 1. The quantitative estimate of drug-likeness (QED) is 0.874. The van der Waals surface area contributed by atoms with Crippen molar-refractivity contribution in [3.8, 4) is 0 Å². The monoisotopic (exact) mass is 236 g/mol. The average Bonchev–Trinajstić information content (AvgIpc) is 2.55. The Balaban J connectivity index is 1.90. The van der Waals surface area contributed by atoms with Crippen molar-refractivity contribution in [1.29, 1.82) is 0 Å². The fraction of sp³-hybridized carbons (Fsp3) is 0.786. The summed E-state index contributed by atoms with van der Waals surface area (Å²) >= 11 is 0. The Labute approximate surface area is 104 Å². The summed E-state index contributed by atoms with van der Waals surface area (Å²) in [7, 11) is 0. The molecule has 1 aromatic heterocycles. The van der Waals surface area contributed by atoms with Crippen molar-refractivity contribution < 1.29 is 4.52 Å². The van der Waals surface area contributed by atoms with Crippen molar-refractivity contribution in [3.05, 3.63) is 17.0 Å². The zero-order valence-corrected chi connectivity index (χ0v) is 11.5. The molecule has 96 valence electrons. The summed E-state index contributed by atoms with van der Waals surface area (Å²) in [5.74, 6) is 0.949. The molecule has 0 saturated heterocycles. The zero-order valence-electron chi connectivity index (χ0n) is 11.5. The lowest BCUT2D eigenvalue weighted by molar-refractivity contribution is 0.197. The maximum Gasteiger partial charge on any atom is 0.138 e. The van der Waals surface area contributed by atoms with Gasteiger partial charge in [0.1, 0.15) is 5.76 Å². The van der Waals surface area contributed by atoms with Gasteiger partial charge in [-0.3, -0.25) is 0 Å². The second kappa shape index (κ2) is 4.81. The van der Waals surface area contributed by atoms with Crippen LogP contribution in [0.2, 0.25) is 0 Å². The first-order valence-electron chi connectivity index (χ1n) is 6.63. The highest BCUT2D eigenvalue weighted by molar-refractivity contribution is 5.20. The van der Waals surface area contributed by atoms with Crippen LogP contribution in [0.25, 0.3) is 0 Å². The van der Waals surface area contributed by atoms with Gasteiger partial charge < -0.3 is 9.84 Å². The van der Waals surface area contributed by atoms with Gasteiger partial charge in [-0.2, -0.15) is 0 Å². The van der Waals surface area contributed by atoms with Crippen molar-refractivity contribution >= 4 is 0 Å². The summed E-state index contributed by atoms with van der Waals surface area (Å²) in [4.78, 5) is 0. The molecule has 1 heterocycles. The van der Waals surface area contributed by atoms with Crippen molar-refractivity contribution in [3.63, 3.8) is 0 Å². The van der Waals surface area contributed by atoms with Crippen LogP contribution >= 0.6 is 0 Å². The lowest BCUT2D eigenvalue weighted by atomic mass is 9.75. The van der Waals surface area contributed by atoms with Crippen LogP contribution in [0.1, 0.15) is 56.5 Å². The van der Waals surface area contributed by atoms with Gasteiger partial charge in [0.2, 0.25) is 0 Å². The summed E-state index contributed by atoms with van der Waals surface area (Å²) in [6, 6.07) is 0.646. The molecule has 1 aliphatic carbocycles. The first-order valence-corrected chi connectivity index (χ1v) is 6.63. The standard InChI is InChI=1S/C14H24N2O/c1-10-13(11(2)17-16-10)9-15-12-6-5-7-14(3,4)8-12/h12,15H,5-9H2,1-4H3. The van der Waals surface area contributed by atoms with Crippen LogP contribution in [0.15, 0.2) is 4.52 Å². The van der Waals surface area contributed by atoms with E-state index in [0.717, 1.165) is 18.0 Å². The first kappa shape index (κ1) is 12.6. The Kier molecular flexibility index (Phi) is 3.57. The summed E-state index contributed by atoms with van der Waals surface area (Å²) in [5.41, 5.74) is 2.74. The Bertz CT molecular complexity index is 362. The van der Waals surface area contributed by atoms with Gasteiger partial charge in [-0.15, -0.1) is 0 Å². The number of rotatable bonds is 3. The molecule has 1 aliphatic rings. The lowest BCUT2D eigenvalue weighted by Crippen LogP contribution is -2.37. The normalized spacial score (nSPS) is 23.9. The summed E-state index contributed by atoms with van der Waals surface area (Å²) in [6.07, 6.45) is 5.27. The predicted octanol–water partition coefficient (Wildman–Crippen LogP) is 3.35. The highest BCUT2D eigenvalue weighted by Gasteiger charge is 2.27. The molecule has 1 saturated carbocycles. The molecule has 0 radical (unpaired) electrons. The van der Waals surface area contributed by atoms with E-state index in [4.69, 9.17) is 4.52 Å². The molecule has 1 unspecified atom stereocenters. The van der Waals surface area contributed by atoms with Crippen molar-refractivity contribution in [2.24, 2.45) is 5.41 Å². The topological polar surface area (TPSA) is 38.1 Å². The molecule has 17 heavy (non-hydrogen) atoms. The summed E-state index contributed by atoms with van der Waals surface area (Å²) in [6.45, 7) is 9.63.